The first-order chi connectivity index (χ1) is 11.8. The van der Waals surface area contributed by atoms with E-state index in [1.807, 2.05) is 11.8 Å². The van der Waals surface area contributed by atoms with E-state index in [-0.39, 0.29) is 10.9 Å². The van der Waals surface area contributed by atoms with Gasteiger partial charge in [-0.3, -0.25) is 0 Å². The molecule has 25 heavy (non-hydrogen) atoms. The van der Waals surface area contributed by atoms with Gasteiger partial charge in [0.1, 0.15) is 4.91 Å². The molecule has 4 nitrogen and oxygen atoms in total. The van der Waals surface area contributed by atoms with Crippen LogP contribution in [0.2, 0.25) is 0 Å². The fourth-order valence-electron chi connectivity index (χ4n) is 2.42. The molecule has 0 saturated heterocycles. The highest BCUT2D eigenvalue weighted by molar-refractivity contribution is 8.05. The van der Waals surface area contributed by atoms with Gasteiger partial charge in [0.25, 0.3) is 0 Å². The summed E-state index contributed by atoms with van der Waals surface area (Å²) in [6.45, 7) is 4.54. The Labute approximate surface area is 157 Å². The second kappa shape index (κ2) is 9.09. The monoisotopic (exact) mass is 398 g/mol. The second-order valence-electron chi connectivity index (χ2n) is 5.28. The van der Waals surface area contributed by atoms with Gasteiger partial charge in [-0.1, -0.05) is 49.4 Å². The predicted molar refractivity (Wildman–Crippen MR) is 89.6 cm³/mol. The Morgan fingerprint density at radius 1 is 0.960 bits per heavy atom. The Kier molecular flexibility index (Phi) is 7.39. The van der Waals surface area contributed by atoms with E-state index >= 15 is 0 Å². The van der Waals surface area contributed by atoms with Gasteiger partial charge in [-0.15, -0.1) is 10.2 Å². The summed E-state index contributed by atoms with van der Waals surface area (Å²) in [7, 11) is -4.84. The fraction of sp³-hybridized carbons (Fsp3) is 0.222. The van der Waals surface area contributed by atoms with Gasteiger partial charge in [0, 0.05) is 6.92 Å². The van der Waals surface area contributed by atoms with Crippen molar-refractivity contribution < 1.29 is 28.9 Å². The number of allylic oxidation sites excluding steroid dienone is 2. The van der Waals surface area contributed by atoms with Crippen LogP contribution in [0, 0.1) is 10.2 Å². The van der Waals surface area contributed by atoms with Gasteiger partial charge in [0.2, 0.25) is 0 Å². The molecule has 2 aromatic rings. The number of hydrogen-bond donors (Lipinski definition) is 0. The van der Waals surface area contributed by atoms with E-state index in [2.05, 4.69) is 68.5 Å². The summed E-state index contributed by atoms with van der Waals surface area (Å²) in [4.78, 5) is 7.31. The molecule has 0 N–H and O–H groups in total. The first kappa shape index (κ1) is 20.3. The molecule has 0 fully saturated rings. The van der Waals surface area contributed by atoms with Crippen LogP contribution < -0.4 is 18.6 Å². The van der Waals surface area contributed by atoms with Crippen LogP contribution in [0.15, 0.2) is 79.1 Å². The van der Waals surface area contributed by atoms with Crippen LogP contribution in [0.4, 0.5) is 0 Å². The van der Waals surface area contributed by atoms with Gasteiger partial charge in [-0.25, -0.2) is 18.6 Å². The number of halogens is 1. The number of fused-ring (bicyclic) bond motifs is 2. The van der Waals surface area contributed by atoms with Gasteiger partial charge < -0.3 is 0 Å². The molecule has 0 unspecified atom stereocenters. The van der Waals surface area contributed by atoms with E-state index in [0.29, 0.717) is 0 Å². The minimum absolute atomic E-state index is 0.0995. The van der Waals surface area contributed by atoms with E-state index in [0.717, 1.165) is 0 Å². The third-order valence-electron chi connectivity index (χ3n) is 3.40. The third-order valence-corrected chi connectivity index (χ3v) is 7.21. The first-order valence-corrected chi connectivity index (χ1v) is 11.0. The maximum absolute atomic E-state index is 8.49. The summed E-state index contributed by atoms with van der Waals surface area (Å²) in [6.07, 6.45) is 4.81. The highest BCUT2D eigenvalue weighted by Crippen LogP contribution is 2.47. The zero-order valence-electron chi connectivity index (χ0n) is 13.9. The van der Waals surface area contributed by atoms with Crippen LogP contribution in [0.5, 0.6) is 0 Å². The summed E-state index contributed by atoms with van der Waals surface area (Å²) < 4.78 is 34.0. The molecule has 0 radical (unpaired) electrons. The normalized spacial score (nSPS) is 14.2. The lowest BCUT2D eigenvalue weighted by atomic mass is 10.3. The van der Waals surface area contributed by atoms with Gasteiger partial charge in [-0.05, 0) is 36.8 Å². The number of rotatable bonds is 3. The zero-order valence-corrected chi connectivity index (χ0v) is 16.3. The lowest BCUT2D eigenvalue weighted by Crippen LogP contribution is -2.68. The van der Waals surface area contributed by atoms with Gasteiger partial charge in [-0.2, -0.15) is 0 Å². The molecule has 7 heteroatoms. The van der Waals surface area contributed by atoms with Crippen LogP contribution >= 0.6 is 11.8 Å². The third kappa shape index (κ3) is 6.04. The number of unbranched alkanes of at least 4 members (excludes halogenated alkanes) is 1. The molecule has 0 saturated carbocycles. The van der Waals surface area contributed by atoms with E-state index in [4.69, 9.17) is 18.6 Å². The Morgan fingerprint density at radius 2 is 1.40 bits per heavy atom. The summed E-state index contributed by atoms with van der Waals surface area (Å²) in [5, 5.41) is 0. The first-order valence-electron chi connectivity index (χ1n) is 7.70. The lowest BCUT2D eigenvalue weighted by Gasteiger charge is -2.19. The Hall–Kier alpha value is -0.990. The topological polar surface area (TPSA) is 92.2 Å². The average Bonchev–Trinajstić information content (AvgIpc) is 2.56. The maximum atomic E-state index is 8.49. The Bertz CT molecular complexity index is 692. The molecule has 3 rings (SSSR count). The molecular formula is C18H19ClO4S2. The molecule has 134 valence electrons. The van der Waals surface area contributed by atoms with Crippen LogP contribution in [0.3, 0.4) is 0 Å². The summed E-state index contributed by atoms with van der Waals surface area (Å²) >= 11 is 1.91. The van der Waals surface area contributed by atoms with Gasteiger partial charge in [0.15, 0.2) is 9.79 Å². The van der Waals surface area contributed by atoms with E-state index < -0.39 is 10.2 Å². The molecule has 0 spiro atoms. The molecule has 1 aliphatic heterocycles. The van der Waals surface area contributed by atoms with Crippen molar-refractivity contribution in [2.24, 2.45) is 0 Å². The molecule has 0 aliphatic carbocycles. The molecule has 2 aromatic carbocycles. The van der Waals surface area contributed by atoms with Crippen LogP contribution in [-0.2, 0) is 10.9 Å². The molecular weight excluding hydrogens is 380 g/mol. The maximum Gasteiger partial charge on any atom is 0.180 e. The molecule has 0 atom stereocenters. The molecule has 0 amide bonds. The molecule has 0 aromatic heterocycles. The van der Waals surface area contributed by atoms with Crippen molar-refractivity contribution in [2.45, 2.75) is 46.3 Å². The van der Waals surface area contributed by atoms with E-state index in [9.17, 15) is 0 Å². The van der Waals surface area contributed by atoms with Gasteiger partial charge >= 0.3 is 0 Å². The number of hydrogen-bond acceptors (Lipinski definition) is 5. The van der Waals surface area contributed by atoms with Crippen molar-refractivity contribution in [1.82, 2.24) is 0 Å². The van der Waals surface area contributed by atoms with Crippen LogP contribution in [0.1, 0.15) is 26.7 Å². The number of benzene rings is 2. The smallest absolute Gasteiger partial charge is 0.180 e. The predicted octanol–water partition coefficient (Wildman–Crippen LogP) is 1.14. The lowest BCUT2D eigenvalue weighted by molar-refractivity contribution is -2.00. The van der Waals surface area contributed by atoms with Crippen LogP contribution in [-0.4, -0.2) is 0 Å². The van der Waals surface area contributed by atoms with Crippen molar-refractivity contribution >= 4 is 22.7 Å². The molecule has 1 aliphatic rings. The summed E-state index contributed by atoms with van der Waals surface area (Å²) in [5.41, 5.74) is 0. The molecule has 0 bridgehead atoms. The van der Waals surface area contributed by atoms with Crippen molar-refractivity contribution in [2.75, 3.05) is 0 Å². The summed E-state index contributed by atoms with van der Waals surface area (Å²) in [6, 6.07) is 17.7. The Morgan fingerprint density at radius 3 is 1.84 bits per heavy atom. The fourth-order valence-corrected chi connectivity index (χ4v) is 6.22. The Balaban J connectivity index is 0.000000399. The quantitative estimate of drug-likeness (QED) is 0.723. The van der Waals surface area contributed by atoms with Crippen molar-refractivity contribution in [1.29, 1.82) is 0 Å². The van der Waals surface area contributed by atoms with Crippen molar-refractivity contribution in [3.05, 3.63) is 59.5 Å². The van der Waals surface area contributed by atoms with Crippen molar-refractivity contribution in [3.63, 3.8) is 0 Å². The molecule has 1 heterocycles. The van der Waals surface area contributed by atoms with E-state index in [1.165, 1.54) is 37.3 Å². The van der Waals surface area contributed by atoms with E-state index in [1.54, 1.807) is 0 Å². The largest absolute Gasteiger partial charge is 0.222 e. The summed E-state index contributed by atoms with van der Waals surface area (Å²) in [5.74, 6) is 0. The zero-order chi connectivity index (χ0) is 18.4. The SMILES string of the molecule is CCC/C=C(\C)[S+]1c2ccccc2Sc2ccccc21.[O-][Cl+3]([O-])([O-])[O-]. The highest BCUT2D eigenvalue weighted by atomic mass is 35.7. The second-order valence-corrected chi connectivity index (χ2v) is 9.26. The minimum atomic E-state index is -4.94. The van der Waals surface area contributed by atoms with Crippen LogP contribution in [0.25, 0.3) is 0 Å². The highest BCUT2D eigenvalue weighted by Gasteiger charge is 2.37. The van der Waals surface area contributed by atoms with Gasteiger partial charge in [0.05, 0.1) is 20.7 Å². The minimum Gasteiger partial charge on any atom is -0.222 e. The van der Waals surface area contributed by atoms with Crippen molar-refractivity contribution in [3.8, 4) is 0 Å². The standard InChI is InChI=1S/C18H19S2.ClHO4/c1-3-4-9-14(2)20-17-12-7-5-10-15(17)19-16-11-6-8-13-18(16)20;2-1(3,4)5/h5-13H,3-4H2,1-2H3;(H,2,3,4,5)/q+1;/p-1/b14-9+;. The average molecular weight is 399 g/mol.